The molecule has 20 heavy (non-hydrogen) atoms. The number of rotatable bonds is 5. The standard InChI is InChI=1S/C12H18BrN3O3S/c1-4-15-12(17)7-16(3)20(18,19)11-6-10(14)9(13)5-8(11)2/h5-6H,4,7,14H2,1-3H3,(H,15,17). The number of hydrogen-bond donors (Lipinski definition) is 2. The Labute approximate surface area is 127 Å². The van der Waals surface area contributed by atoms with Crippen molar-refractivity contribution in [3.8, 4) is 0 Å². The Morgan fingerprint density at radius 2 is 2.05 bits per heavy atom. The Kier molecular flexibility index (Phi) is 5.55. The molecule has 1 aromatic rings. The van der Waals surface area contributed by atoms with Crippen LogP contribution in [0.5, 0.6) is 0 Å². The Hall–Kier alpha value is -1.12. The van der Waals surface area contributed by atoms with Crippen molar-refractivity contribution in [1.29, 1.82) is 0 Å². The summed E-state index contributed by atoms with van der Waals surface area (Å²) in [5, 5.41) is 2.56. The molecular weight excluding hydrogens is 346 g/mol. The Balaban J connectivity index is 3.11. The van der Waals surface area contributed by atoms with Crippen LogP contribution in [-0.4, -0.2) is 38.8 Å². The van der Waals surface area contributed by atoms with Gasteiger partial charge in [-0.2, -0.15) is 4.31 Å². The van der Waals surface area contributed by atoms with Gasteiger partial charge in [0.25, 0.3) is 0 Å². The van der Waals surface area contributed by atoms with E-state index in [4.69, 9.17) is 5.73 Å². The number of nitrogen functional groups attached to an aromatic ring is 1. The maximum atomic E-state index is 12.4. The van der Waals surface area contributed by atoms with Crippen LogP contribution in [0, 0.1) is 6.92 Å². The number of likely N-dealkylation sites (N-methyl/N-ethyl adjacent to an activating group) is 2. The second kappa shape index (κ2) is 6.55. The van der Waals surface area contributed by atoms with Crippen LogP contribution >= 0.6 is 15.9 Å². The van der Waals surface area contributed by atoms with Gasteiger partial charge in [0.2, 0.25) is 15.9 Å². The molecular formula is C12H18BrN3O3S. The maximum Gasteiger partial charge on any atom is 0.243 e. The summed E-state index contributed by atoms with van der Waals surface area (Å²) in [6.07, 6.45) is 0. The summed E-state index contributed by atoms with van der Waals surface area (Å²) in [6.45, 7) is 3.67. The smallest absolute Gasteiger partial charge is 0.243 e. The monoisotopic (exact) mass is 363 g/mol. The van der Waals surface area contributed by atoms with Crippen molar-refractivity contribution in [2.75, 3.05) is 25.9 Å². The minimum absolute atomic E-state index is 0.102. The highest BCUT2D eigenvalue weighted by atomic mass is 79.9. The van der Waals surface area contributed by atoms with Gasteiger partial charge in [0.05, 0.1) is 11.4 Å². The summed E-state index contributed by atoms with van der Waals surface area (Å²) in [4.78, 5) is 11.6. The zero-order valence-corrected chi connectivity index (χ0v) is 14.0. The zero-order valence-electron chi connectivity index (χ0n) is 11.6. The fourth-order valence-electron chi connectivity index (χ4n) is 1.65. The molecule has 0 radical (unpaired) electrons. The van der Waals surface area contributed by atoms with E-state index in [2.05, 4.69) is 21.2 Å². The topological polar surface area (TPSA) is 92.5 Å². The lowest BCUT2D eigenvalue weighted by Crippen LogP contribution is -2.38. The predicted molar refractivity (Wildman–Crippen MR) is 81.8 cm³/mol. The molecule has 0 bridgehead atoms. The molecule has 0 unspecified atom stereocenters. The van der Waals surface area contributed by atoms with E-state index < -0.39 is 10.0 Å². The molecule has 0 fully saturated rings. The second-order valence-electron chi connectivity index (χ2n) is 4.35. The highest BCUT2D eigenvalue weighted by Crippen LogP contribution is 2.28. The molecule has 0 saturated heterocycles. The Bertz CT molecular complexity index is 617. The lowest BCUT2D eigenvalue weighted by atomic mass is 10.2. The van der Waals surface area contributed by atoms with Gasteiger partial charge in [0.1, 0.15) is 0 Å². The van der Waals surface area contributed by atoms with E-state index in [1.807, 2.05) is 0 Å². The number of halogens is 1. The first-order valence-electron chi connectivity index (χ1n) is 5.98. The average Bonchev–Trinajstić information content (AvgIpc) is 2.33. The van der Waals surface area contributed by atoms with Crippen molar-refractivity contribution in [3.63, 3.8) is 0 Å². The normalized spacial score (nSPS) is 11.7. The maximum absolute atomic E-state index is 12.4. The first-order chi connectivity index (χ1) is 9.20. The van der Waals surface area contributed by atoms with Gasteiger partial charge in [-0.1, -0.05) is 0 Å². The highest BCUT2D eigenvalue weighted by Gasteiger charge is 2.25. The van der Waals surface area contributed by atoms with Crippen LogP contribution in [0.4, 0.5) is 5.69 Å². The van der Waals surface area contributed by atoms with Crippen LogP contribution in [0.25, 0.3) is 0 Å². The van der Waals surface area contributed by atoms with Crippen LogP contribution in [-0.2, 0) is 14.8 Å². The Morgan fingerprint density at radius 3 is 2.60 bits per heavy atom. The number of anilines is 1. The van der Waals surface area contributed by atoms with Crippen molar-refractivity contribution >= 4 is 37.5 Å². The summed E-state index contributed by atoms with van der Waals surface area (Å²) >= 11 is 3.25. The van der Waals surface area contributed by atoms with E-state index in [0.717, 1.165) is 4.31 Å². The number of amides is 1. The van der Waals surface area contributed by atoms with Crippen molar-refractivity contribution in [1.82, 2.24) is 9.62 Å². The predicted octanol–water partition coefficient (Wildman–Crippen LogP) is 1.10. The van der Waals surface area contributed by atoms with E-state index in [-0.39, 0.29) is 17.3 Å². The molecule has 3 N–H and O–H groups in total. The molecule has 0 aliphatic rings. The number of nitrogens with one attached hydrogen (secondary N) is 1. The molecule has 6 nitrogen and oxygen atoms in total. The van der Waals surface area contributed by atoms with Gasteiger partial charge in [0, 0.05) is 23.8 Å². The third-order valence-corrected chi connectivity index (χ3v) is 5.35. The van der Waals surface area contributed by atoms with Gasteiger partial charge in [-0.25, -0.2) is 8.42 Å². The lowest BCUT2D eigenvalue weighted by molar-refractivity contribution is -0.121. The van der Waals surface area contributed by atoms with E-state index in [0.29, 0.717) is 22.3 Å². The molecule has 8 heteroatoms. The summed E-state index contributed by atoms with van der Waals surface area (Å²) in [6, 6.07) is 3.03. The number of nitrogens with two attached hydrogens (primary N) is 1. The highest BCUT2D eigenvalue weighted by molar-refractivity contribution is 9.10. The van der Waals surface area contributed by atoms with E-state index in [1.165, 1.54) is 13.1 Å². The van der Waals surface area contributed by atoms with Gasteiger partial charge in [-0.3, -0.25) is 4.79 Å². The number of sulfonamides is 1. The SMILES string of the molecule is CCNC(=O)CN(C)S(=O)(=O)c1cc(N)c(Br)cc1C. The molecule has 0 aliphatic heterocycles. The van der Waals surface area contributed by atoms with Crippen LogP contribution in [0.1, 0.15) is 12.5 Å². The molecule has 112 valence electrons. The summed E-state index contributed by atoms with van der Waals surface area (Å²) in [5.41, 5.74) is 6.62. The van der Waals surface area contributed by atoms with E-state index >= 15 is 0 Å². The minimum atomic E-state index is -3.75. The molecule has 1 aromatic carbocycles. The van der Waals surface area contributed by atoms with Gasteiger partial charge >= 0.3 is 0 Å². The fourth-order valence-corrected chi connectivity index (χ4v) is 3.48. The minimum Gasteiger partial charge on any atom is -0.398 e. The summed E-state index contributed by atoms with van der Waals surface area (Å²) < 4.78 is 26.5. The molecule has 0 aromatic heterocycles. The lowest BCUT2D eigenvalue weighted by Gasteiger charge is -2.18. The van der Waals surface area contributed by atoms with Gasteiger partial charge in [0.15, 0.2) is 0 Å². The zero-order chi connectivity index (χ0) is 15.5. The first kappa shape index (κ1) is 16.9. The van der Waals surface area contributed by atoms with Crippen LogP contribution in [0.2, 0.25) is 0 Å². The largest absolute Gasteiger partial charge is 0.398 e. The number of carbonyl (C=O) groups is 1. The quantitative estimate of drug-likeness (QED) is 0.766. The van der Waals surface area contributed by atoms with E-state index in [9.17, 15) is 13.2 Å². The van der Waals surface area contributed by atoms with Crippen LogP contribution < -0.4 is 11.1 Å². The fraction of sp³-hybridized carbons (Fsp3) is 0.417. The molecule has 1 amide bonds. The second-order valence-corrected chi connectivity index (χ2v) is 7.22. The first-order valence-corrected chi connectivity index (χ1v) is 8.22. The van der Waals surface area contributed by atoms with Crippen LogP contribution in [0.3, 0.4) is 0 Å². The Morgan fingerprint density at radius 1 is 1.45 bits per heavy atom. The molecule has 1 rings (SSSR count). The molecule has 0 aliphatic carbocycles. The van der Waals surface area contributed by atoms with Crippen molar-refractivity contribution in [2.24, 2.45) is 0 Å². The number of nitrogens with zero attached hydrogens (tertiary/aromatic N) is 1. The number of benzene rings is 1. The number of hydrogen-bond acceptors (Lipinski definition) is 4. The summed E-state index contributed by atoms with van der Waals surface area (Å²) in [5.74, 6) is -0.346. The van der Waals surface area contributed by atoms with Crippen molar-refractivity contribution in [3.05, 3.63) is 22.2 Å². The molecule has 0 atom stereocenters. The molecule has 0 saturated carbocycles. The molecule has 0 heterocycles. The van der Waals surface area contributed by atoms with Crippen molar-refractivity contribution < 1.29 is 13.2 Å². The number of aryl methyl sites for hydroxylation is 1. The molecule has 0 spiro atoms. The average molecular weight is 364 g/mol. The summed E-state index contributed by atoms with van der Waals surface area (Å²) in [7, 11) is -2.39. The third kappa shape index (κ3) is 3.71. The van der Waals surface area contributed by atoms with Gasteiger partial charge < -0.3 is 11.1 Å². The number of carbonyl (C=O) groups excluding carboxylic acids is 1. The van der Waals surface area contributed by atoms with Crippen LogP contribution in [0.15, 0.2) is 21.5 Å². The third-order valence-electron chi connectivity index (χ3n) is 2.72. The van der Waals surface area contributed by atoms with Crippen molar-refractivity contribution in [2.45, 2.75) is 18.7 Å². The van der Waals surface area contributed by atoms with Gasteiger partial charge in [-0.05, 0) is 47.5 Å². The van der Waals surface area contributed by atoms with E-state index in [1.54, 1.807) is 19.9 Å². The van der Waals surface area contributed by atoms with Gasteiger partial charge in [-0.15, -0.1) is 0 Å².